The molecular formula is C14H14OS2. The lowest BCUT2D eigenvalue weighted by Crippen LogP contribution is -2.20. The first-order valence-corrected chi connectivity index (χ1v) is 7.70. The Morgan fingerprint density at radius 1 is 1.24 bits per heavy atom. The van der Waals surface area contributed by atoms with E-state index in [-0.39, 0.29) is 5.25 Å². The van der Waals surface area contributed by atoms with Crippen molar-refractivity contribution in [3.63, 3.8) is 0 Å². The molecule has 1 heterocycles. The van der Waals surface area contributed by atoms with Crippen molar-refractivity contribution >= 4 is 39.0 Å². The summed E-state index contributed by atoms with van der Waals surface area (Å²) >= 11 is 3.57. The molecule has 0 saturated heterocycles. The molecule has 0 N–H and O–H groups in total. The summed E-state index contributed by atoms with van der Waals surface area (Å²) in [5, 5.41) is 1.50. The average molecular weight is 262 g/mol. The number of thiophene rings is 1. The lowest BCUT2D eigenvalue weighted by molar-refractivity contribution is -0.119. The molecule has 1 saturated carbocycles. The highest BCUT2D eigenvalue weighted by molar-refractivity contribution is 8.02. The van der Waals surface area contributed by atoms with Crippen molar-refractivity contribution in [3.8, 4) is 0 Å². The van der Waals surface area contributed by atoms with Crippen molar-refractivity contribution in [2.45, 2.75) is 35.1 Å². The smallest absolute Gasteiger partial charge is 0.146 e. The zero-order valence-corrected chi connectivity index (χ0v) is 11.2. The van der Waals surface area contributed by atoms with Gasteiger partial charge in [-0.1, -0.05) is 24.6 Å². The Morgan fingerprint density at radius 3 is 2.94 bits per heavy atom. The molecule has 1 nitrogen and oxygen atoms in total. The minimum absolute atomic E-state index is 0.205. The molecule has 0 amide bonds. The summed E-state index contributed by atoms with van der Waals surface area (Å²) in [6, 6.07) is 10.6. The molecule has 0 bridgehead atoms. The standard InChI is InChI=1S/C14H14OS2/c15-11-6-2-4-8-13(11)17-14-9-10-5-1-3-7-12(10)16-14/h1,3,5,7,9,13H,2,4,6,8H2. The Balaban J connectivity index is 1.82. The second-order valence-corrected chi connectivity index (χ2v) is 7.01. The monoisotopic (exact) mass is 262 g/mol. The molecule has 3 rings (SSSR count). The number of ketones is 1. The number of benzene rings is 1. The van der Waals surface area contributed by atoms with Gasteiger partial charge in [0.15, 0.2) is 0 Å². The third-order valence-electron chi connectivity index (χ3n) is 3.16. The fourth-order valence-corrected chi connectivity index (χ4v) is 4.84. The highest BCUT2D eigenvalue weighted by atomic mass is 32.2. The summed E-state index contributed by atoms with van der Waals surface area (Å²) in [6.07, 6.45) is 4.12. The van der Waals surface area contributed by atoms with E-state index >= 15 is 0 Å². The number of fused-ring (bicyclic) bond motifs is 1. The Labute approximate surface area is 109 Å². The number of rotatable bonds is 2. The minimum atomic E-state index is 0.205. The van der Waals surface area contributed by atoms with Crippen molar-refractivity contribution in [2.24, 2.45) is 0 Å². The Bertz CT molecular complexity index is 511. The van der Waals surface area contributed by atoms with Gasteiger partial charge in [0.2, 0.25) is 0 Å². The van der Waals surface area contributed by atoms with E-state index in [1.54, 1.807) is 23.1 Å². The Hall–Kier alpha value is -0.800. The predicted molar refractivity (Wildman–Crippen MR) is 74.9 cm³/mol. The molecule has 1 aromatic carbocycles. The van der Waals surface area contributed by atoms with Gasteiger partial charge in [0.1, 0.15) is 5.78 Å². The first-order chi connectivity index (χ1) is 8.33. The molecule has 2 aromatic rings. The van der Waals surface area contributed by atoms with E-state index in [0.29, 0.717) is 5.78 Å². The first kappa shape index (κ1) is 11.3. The van der Waals surface area contributed by atoms with Crippen molar-refractivity contribution < 1.29 is 4.79 Å². The van der Waals surface area contributed by atoms with Gasteiger partial charge in [-0.15, -0.1) is 23.1 Å². The van der Waals surface area contributed by atoms with E-state index in [0.717, 1.165) is 19.3 Å². The highest BCUT2D eigenvalue weighted by Crippen LogP contribution is 2.38. The van der Waals surface area contributed by atoms with Crippen LogP contribution < -0.4 is 0 Å². The molecular weight excluding hydrogens is 248 g/mol. The number of thioether (sulfide) groups is 1. The third-order valence-corrected chi connectivity index (χ3v) is 5.74. The Kier molecular flexibility index (Phi) is 3.21. The van der Waals surface area contributed by atoms with Gasteiger partial charge in [0, 0.05) is 11.1 Å². The number of Topliss-reactive ketones (excluding diaryl/α,β-unsaturated/α-hetero) is 1. The summed E-state index contributed by atoms with van der Waals surface area (Å²) < 4.78 is 2.60. The molecule has 3 heteroatoms. The maximum absolute atomic E-state index is 11.8. The van der Waals surface area contributed by atoms with Crippen LogP contribution >= 0.6 is 23.1 Å². The maximum atomic E-state index is 11.8. The van der Waals surface area contributed by atoms with Crippen LogP contribution in [0, 0.1) is 0 Å². The van der Waals surface area contributed by atoms with Crippen molar-refractivity contribution in [2.75, 3.05) is 0 Å². The van der Waals surface area contributed by atoms with Gasteiger partial charge >= 0.3 is 0 Å². The molecule has 1 fully saturated rings. The van der Waals surface area contributed by atoms with Gasteiger partial charge in [0.25, 0.3) is 0 Å². The van der Waals surface area contributed by atoms with Crippen LogP contribution in [0.5, 0.6) is 0 Å². The van der Waals surface area contributed by atoms with Crippen LogP contribution in [0.2, 0.25) is 0 Å². The van der Waals surface area contributed by atoms with Crippen molar-refractivity contribution in [1.29, 1.82) is 0 Å². The molecule has 1 unspecified atom stereocenters. The van der Waals surface area contributed by atoms with Crippen LogP contribution in [0.15, 0.2) is 34.5 Å². The van der Waals surface area contributed by atoms with E-state index in [1.807, 2.05) is 0 Å². The van der Waals surface area contributed by atoms with Gasteiger partial charge in [0.05, 0.1) is 9.46 Å². The predicted octanol–water partition coefficient (Wildman–Crippen LogP) is 4.51. The molecule has 1 aliphatic carbocycles. The second-order valence-electron chi connectivity index (χ2n) is 4.42. The van der Waals surface area contributed by atoms with Crippen LogP contribution in [0.4, 0.5) is 0 Å². The first-order valence-electron chi connectivity index (χ1n) is 6.01. The van der Waals surface area contributed by atoms with E-state index < -0.39 is 0 Å². The van der Waals surface area contributed by atoms with Crippen molar-refractivity contribution in [3.05, 3.63) is 30.3 Å². The lowest BCUT2D eigenvalue weighted by atomic mass is 9.99. The summed E-state index contributed by atoms with van der Waals surface area (Å²) in [5.41, 5.74) is 0. The van der Waals surface area contributed by atoms with E-state index in [4.69, 9.17) is 0 Å². The number of hydrogen-bond acceptors (Lipinski definition) is 3. The minimum Gasteiger partial charge on any atom is -0.298 e. The van der Waals surface area contributed by atoms with E-state index in [9.17, 15) is 4.79 Å². The third kappa shape index (κ3) is 2.40. The molecule has 0 radical (unpaired) electrons. The zero-order chi connectivity index (χ0) is 11.7. The van der Waals surface area contributed by atoms with E-state index in [1.165, 1.54) is 20.7 Å². The van der Waals surface area contributed by atoms with Gasteiger partial charge < -0.3 is 0 Å². The zero-order valence-electron chi connectivity index (χ0n) is 9.52. The number of hydrogen-bond donors (Lipinski definition) is 0. The highest BCUT2D eigenvalue weighted by Gasteiger charge is 2.23. The van der Waals surface area contributed by atoms with Gasteiger partial charge in [-0.25, -0.2) is 0 Å². The largest absolute Gasteiger partial charge is 0.298 e. The van der Waals surface area contributed by atoms with Crippen LogP contribution in [-0.2, 0) is 4.79 Å². The molecule has 1 aromatic heterocycles. The normalized spacial score (nSPS) is 20.9. The fraction of sp³-hybridized carbons (Fsp3) is 0.357. The van der Waals surface area contributed by atoms with Gasteiger partial charge in [-0.3, -0.25) is 4.79 Å². The van der Waals surface area contributed by atoms with Gasteiger partial charge in [-0.2, -0.15) is 0 Å². The van der Waals surface area contributed by atoms with E-state index in [2.05, 4.69) is 30.3 Å². The topological polar surface area (TPSA) is 17.1 Å². The Morgan fingerprint density at radius 2 is 2.12 bits per heavy atom. The van der Waals surface area contributed by atoms with Crippen LogP contribution in [0.1, 0.15) is 25.7 Å². The molecule has 88 valence electrons. The van der Waals surface area contributed by atoms with Crippen molar-refractivity contribution in [1.82, 2.24) is 0 Å². The van der Waals surface area contributed by atoms with Crippen LogP contribution in [0.25, 0.3) is 10.1 Å². The average Bonchev–Trinajstić information content (AvgIpc) is 2.74. The quantitative estimate of drug-likeness (QED) is 0.792. The molecule has 17 heavy (non-hydrogen) atoms. The summed E-state index contributed by atoms with van der Waals surface area (Å²) in [5.74, 6) is 0.443. The number of carbonyl (C=O) groups excluding carboxylic acids is 1. The summed E-state index contributed by atoms with van der Waals surface area (Å²) in [7, 11) is 0. The molecule has 1 atom stereocenters. The summed E-state index contributed by atoms with van der Waals surface area (Å²) in [6.45, 7) is 0. The van der Waals surface area contributed by atoms with Gasteiger partial charge in [-0.05, 0) is 30.4 Å². The van der Waals surface area contributed by atoms with Crippen LogP contribution in [-0.4, -0.2) is 11.0 Å². The summed E-state index contributed by atoms with van der Waals surface area (Å²) in [4.78, 5) is 11.8. The maximum Gasteiger partial charge on any atom is 0.146 e. The SMILES string of the molecule is O=C1CCCCC1Sc1cc2ccccc2s1. The number of carbonyl (C=O) groups is 1. The molecule has 1 aliphatic rings. The second kappa shape index (κ2) is 4.83. The fourth-order valence-electron chi connectivity index (χ4n) is 2.23. The van der Waals surface area contributed by atoms with Crippen LogP contribution in [0.3, 0.4) is 0 Å². The molecule has 0 spiro atoms. The molecule has 0 aliphatic heterocycles. The lowest BCUT2D eigenvalue weighted by Gasteiger charge is -2.18.